The number of nitrogens with zero attached hydrogens (tertiary/aromatic N) is 1. The summed E-state index contributed by atoms with van der Waals surface area (Å²) in [6, 6.07) is 0.313. The highest BCUT2D eigenvalue weighted by molar-refractivity contribution is 7.89. The molecule has 2 heterocycles. The Kier molecular flexibility index (Phi) is 5.62. The van der Waals surface area contributed by atoms with Gasteiger partial charge in [0.25, 0.3) is 0 Å². The van der Waals surface area contributed by atoms with Crippen molar-refractivity contribution in [2.24, 2.45) is 0 Å². The Morgan fingerprint density at radius 2 is 2.16 bits per heavy atom. The molecule has 2 saturated heterocycles. The maximum absolute atomic E-state index is 12.4. The summed E-state index contributed by atoms with van der Waals surface area (Å²) in [4.78, 5) is 0. The van der Waals surface area contributed by atoms with Crippen LogP contribution in [0.3, 0.4) is 0 Å². The fourth-order valence-corrected chi connectivity index (χ4v) is 4.58. The molecule has 0 aromatic rings. The second-order valence-electron chi connectivity index (χ2n) is 5.56. The Bertz CT molecular complexity index is 366. The van der Waals surface area contributed by atoms with Crippen LogP contribution in [-0.2, 0) is 14.8 Å². The molecule has 0 saturated carbocycles. The molecule has 1 N–H and O–H groups in total. The zero-order valence-corrected chi connectivity index (χ0v) is 12.6. The van der Waals surface area contributed by atoms with Crippen LogP contribution in [0.2, 0.25) is 0 Å². The fraction of sp³-hybridized carbons (Fsp3) is 1.00. The Balaban J connectivity index is 1.87. The third-order valence-corrected chi connectivity index (χ3v) is 5.79. The van der Waals surface area contributed by atoms with Crippen LogP contribution in [0.25, 0.3) is 0 Å². The minimum atomic E-state index is -3.16. The highest BCUT2D eigenvalue weighted by atomic mass is 32.2. The Hall–Kier alpha value is -0.170. The van der Waals surface area contributed by atoms with Gasteiger partial charge in [-0.15, -0.1) is 0 Å². The number of hydrogen-bond acceptors (Lipinski definition) is 4. The molecule has 0 spiro atoms. The molecule has 0 amide bonds. The van der Waals surface area contributed by atoms with Crippen molar-refractivity contribution in [2.45, 2.75) is 51.2 Å². The van der Waals surface area contributed by atoms with Crippen molar-refractivity contribution in [1.82, 2.24) is 9.62 Å². The van der Waals surface area contributed by atoms with Crippen LogP contribution < -0.4 is 5.32 Å². The van der Waals surface area contributed by atoms with Gasteiger partial charge in [0.1, 0.15) is 0 Å². The lowest BCUT2D eigenvalue weighted by Crippen LogP contribution is -2.49. The first-order chi connectivity index (χ1) is 9.12. The molecule has 0 radical (unpaired) electrons. The predicted molar refractivity (Wildman–Crippen MR) is 75.6 cm³/mol. The number of piperidine rings is 1. The number of nitrogens with one attached hydrogen (secondary N) is 1. The molecule has 2 aliphatic rings. The Morgan fingerprint density at radius 1 is 1.32 bits per heavy atom. The summed E-state index contributed by atoms with van der Waals surface area (Å²) < 4.78 is 31.9. The summed E-state index contributed by atoms with van der Waals surface area (Å²) in [5.74, 6) is 0.160. The minimum Gasteiger partial charge on any atom is -0.377 e. The lowest BCUT2D eigenvalue weighted by atomic mass is 10.1. The zero-order valence-electron chi connectivity index (χ0n) is 11.8. The zero-order chi connectivity index (χ0) is 13.7. The van der Waals surface area contributed by atoms with Crippen molar-refractivity contribution >= 4 is 10.0 Å². The number of ether oxygens (including phenoxy) is 1. The molecule has 2 rings (SSSR count). The largest absolute Gasteiger partial charge is 0.377 e. The van der Waals surface area contributed by atoms with E-state index in [0.717, 1.165) is 38.6 Å². The van der Waals surface area contributed by atoms with E-state index in [1.165, 1.54) is 0 Å². The van der Waals surface area contributed by atoms with Crippen molar-refractivity contribution in [2.75, 3.05) is 32.0 Å². The molecular formula is C13H26N2O3S. The molecule has 0 aromatic carbocycles. The van der Waals surface area contributed by atoms with Crippen LogP contribution in [0.4, 0.5) is 0 Å². The Morgan fingerprint density at radius 3 is 2.84 bits per heavy atom. The average molecular weight is 290 g/mol. The van der Waals surface area contributed by atoms with E-state index in [0.29, 0.717) is 25.7 Å². The lowest BCUT2D eigenvalue weighted by Gasteiger charge is -2.33. The third kappa shape index (κ3) is 4.41. The van der Waals surface area contributed by atoms with E-state index >= 15 is 0 Å². The summed E-state index contributed by atoms with van der Waals surface area (Å²) >= 11 is 0. The summed E-state index contributed by atoms with van der Waals surface area (Å²) in [5, 5.41) is 3.43. The summed E-state index contributed by atoms with van der Waals surface area (Å²) in [6.45, 7) is 5.08. The van der Waals surface area contributed by atoms with Crippen LogP contribution in [0.15, 0.2) is 0 Å². The van der Waals surface area contributed by atoms with Gasteiger partial charge >= 0.3 is 0 Å². The molecule has 2 unspecified atom stereocenters. The maximum atomic E-state index is 12.4. The topological polar surface area (TPSA) is 58.6 Å². The van der Waals surface area contributed by atoms with Gasteiger partial charge in [0, 0.05) is 25.7 Å². The Labute approximate surface area is 116 Å². The molecule has 0 bridgehead atoms. The minimum absolute atomic E-state index is 0.0889. The average Bonchev–Trinajstić information content (AvgIpc) is 2.89. The van der Waals surface area contributed by atoms with Crippen molar-refractivity contribution in [3.8, 4) is 0 Å². The van der Waals surface area contributed by atoms with Crippen molar-refractivity contribution in [1.29, 1.82) is 0 Å². The van der Waals surface area contributed by atoms with E-state index in [1.54, 1.807) is 4.31 Å². The lowest BCUT2D eigenvalue weighted by molar-refractivity contribution is 0.126. The maximum Gasteiger partial charge on any atom is 0.216 e. The van der Waals surface area contributed by atoms with Gasteiger partial charge < -0.3 is 10.1 Å². The van der Waals surface area contributed by atoms with Gasteiger partial charge in [-0.1, -0.05) is 6.92 Å². The fourth-order valence-electron chi connectivity index (χ4n) is 2.83. The van der Waals surface area contributed by atoms with Crippen molar-refractivity contribution in [3.05, 3.63) is 0 Å². The second kappa shape index (κ2) is 7.02. The van der Waals surface area contributed by atoms with Crippen LogP contribution in [0.1, 0.15) is 39.0 Å². The first-order valence-electron chi connectivity index (χ1n) is 7.44. The van der Waals surface area contributed by atoms with E-state index in [1.807, 2.05) is 0 Å². The molecule has 6 heteroatoms. The predicted octanol–water partition coefficient (Wildman–Crippen LogP) is 0.959. The first-order valence-corrected chi connectivity index (χ1v) is 9.05. The third-order valence-electron chi connectivity index (χ3n) is 3.88. The molecule has 19 heavy (non-hydrogen) atoms. The molecule has 2 atom stereocenters. The van der Waals surface area contributed by atoms with E-state index in [2.05, 4.69) is 12.2 Å². The monoisotopic (exact) mass is 290 g/mol. The van der Waals surface area contributed by atoms with Crippen LogP contribution in [-0.4, -0.2) is 56.9 Å². The van der Waals surface area contributed by atoms with Crippen molar-refractivity contribution < 1.29 is 13.2 Å². The summed E-state index contributed by atoms with van der Waals surface area (Å²) in [6.07, 6.45) is 4.89. The molecule has 0 aliphatic carbocycles. The summed E-state index contributed by atoms with van der Waals surface area (Å²) in [7, 11) is -3.16. The standard InChI is InChI=1S/C13H26N2O3S/c1-2-7-14-12-5-3-8-15(10-12)19(16,17)11-13-6-4-9-18-13/h12-14H,2-11H2,1H3. The van der Waals surface area contributed by atoms with Gasteiger partial charge in [0.05, 0.1) is 11.9 Å². The van der Waals surface area contributed by atoms with E-state index in [4.69, 9.17) is 4.74 Å². The molecule has 0 aromatic heterocycles. The second-order valence-corrected chi connectivity index (χ2v) is 7.58. The van der Waals surface area contributed by atoms with Gasteiger partial charge in [0.2, 0.25) is 10.0 Å². The van der Waals surface area contributed by atoms with Gasteiger partial charge in [-0.2, -0.15) is 0 Å². The van der Waals surface area contributed by atoms with Gasteiger partial charge in [-0.05, 0) is 38.6 Å². The smallest absolute Gasteiger partial charge is 0.216 e. The molecular weight excluding hydrogens is 264 g/mol. The van der Waals surface area contributed by atoms with Gasteiger partial charge in [-0.3, -0.25) is 0 Å². The van der Waals surface area contributed by atoms with Crippen molar-refractivity contribution in [3.63, 3.8) is 0 Å². The van der Waals surface area contributed by atoms with Crippen LogP contribution in [0.5, 0.6) is 0 Å². The number of hydrogen-bond donors (Lipinski definition) is 1. The van der Waals surface area contributed by atoms with Gasteiger partial charge in [0.15, 0.2) is 0 Å². The number of rotatable bonds is 6. The highest BCUT2D eigenvalue weighted by Crippen LogP contribution is 2.19. The molecule has 2 aliphatic heterocycles. The number of sulfonamides is 1. The normalized spacial score (nSPS) is 29.7. The first kappa shape index (κ1) is 15.2. The molecule has 2 fully saturated rings. The quantitative estimate of drug-likeness (QED) is 0.791. The molecule has 112 valence electrons. The van der Waals surface area contributed by atoms with E-state index in [-0.39, 0.29) is 11.9 Å². The highest BCUT2D eigenvalue weighted by Gasteiger charge is 2.32. The van der Waals surface area contributed by atoms with E-state index < -0.39 is 10.0 Å². The SMILES string of the molecule is CCCNC1CCCN(S(=O)(=O)CC2CCCO2)C1. The van der Waals surface area contributed by atoms with Crippen LogP contribution >= 0.6 is 0 Å². The van der Waals surface area contributed by atoms with Gasteiger partial charge in [-0.25, -0.2) is 12.7 Å². The van der Waals surface area contributed by atoms with Crippen LogP contribution in [0, 0.1) is 0 Å². The summed E-state index contributed by atoms with van der Waals surface area (Å²) in [5.41, 5.74) is 0. The molecule has 5 nitrogen and oxygen atoms in total. The van der Waals surface area contributed by atoms with E-state index in [9.17, 15) is 8.42 Å².